The Kier molecular flexibility index (Phi) is 5.89. The van der Waals surface area contributed by atoms with Gasteiger partial charge in [-0.2, -0.15) is 18.4 Å². The second kappa shape index (κ2) is 6.94. The molecule has 1 aliphatic rings. The van der Waals surface area contributed by atoms with E-state index < -0.39 is 16.3 Å². The van der Waals surface area contributed by atoms with E-state index in [1.807, 2.05) is 6.92 Å². The average molecular weight is 259 g/mol. The van der Waals surface area contributed by atoms with Crippen LogP contribution >= 0.6 is 0 Å². The summed E-state index contributed by atoms with van der Waals surface area (Å²) in [7, 11) is -3.53. The maximum absolute atomic E-state index is 11.6. The van der Waals surface area contributed by atoms with Crippen molar-refractivity contribution >= 4 is 10.2 Å². The zero-order valence-corrected chi connectivity index (χ0v) is 11.1. The summed E-state index contributed by atoms with van der Waals surface area (Å²) in [6, 6.07) is 1.48. The molecular formula is C11H21N3O2S. The predicted octanol–water partition coefficient (Wildman–Crippen LogP) is 1.29. The summed E-state index contributed by atoms with van der Waals surface area (Å²) in [6.45, 7) is 2.30. The highest BCUT2D eigenvalue weighted by molar-refractivity contribution is 7.87. The maximum Gasteiger partial charge on any atom is 0.278 e. The average Bonchev–Trinajstić information content (AvgIpc) is 2.35. The van der Waals surface area contributed by atoms with Gasteiger partial charge in [0.1, 0.15) is 6.04 Å². The third-order valence-corrected chi connectivity index (χ3v) is 4.23. The fourth-order valence-electron chi connectivity index (χ4n) is 2.14. The van der Waals surface area contributed by atoms with Gasteiger partial charge in [-0.05, 0) is 25.2 Å². The minimum absolute atomic E-state index is 0.159. The molecule has 0 spiro atoms. The number of hydrogen-bond acceptors (Lipinski definition) is 3. The molecule has 0 amide bonds. The summed E-state index contributed by atoms with van der Waals surface area (Å²) < 4.78 is 28.1. The van der Waals surface area contributed by atoms with E-state index >= 15 is 0 Å². The Morgan fingerprint density at radius 1 is 1.35 bits per heavy atom. The number of nitriles is 1. The molecule has 98 valence electrons. The van der Waals surface area contributed by atoms with Gasteiger partial charge in [-0.15, -0.1) is 0 Å². The van der Waals surface area contributed by atoms with Crippen LogP contribution in [0.2, 0.25) is 0 Å². The maximum atomic E-state index is 11.6. The summed E-state index contributed by atoms with van der Waals surface area (Å²) in [5.41, 5.74) is 0. The first kappa shape index (κ1) is 14.4. The third kappa shape index (κ3) is 5.02. The zero-order valence-electron chi connectivity index (χ0n) is 10.3. The Balaban J connectivity index is 2.54. The number of nitrogens with one attached hydrogen (secondary N) is 2. The van der Waals surface area contributed by atoms with Gasteiger partial charge >= 0.3 is 0 Å². The Bertz CT molecular complexity index is 355. The molecule has 0 aromatic rings. The van der Waals surface area contributed by atoms with Gasteiger partial charge in [0.15, 0.2) is 0 Å². The van der Waals surface area contributed by atoms with Crippen molar-refractivity contribution < 1.29 is 8.42 Å². The summed E-state index contributed by atoms with van der Waals surface area (Å²) in [5.74, 6) is 0.159. The van der Waals surface area contributed by atoms with E-state index in [0.717, 1.165) is 32.1 Å². The molecule has 1 saturated carbocycles. The van der Waals surface area contributed by atoms with Crippen LogP contribution in [0.25, 0.3) is 0 Å². The zero-order chi connectivity index (χ0) is 12.7. The molecule has 2 N–H and O–H groups in total. The molecule has 5 nitrogen and oxygen atoms in total. The van der Waals surface area contributed by atoms with Gasteiger partial charge in [0.2, 0.25) is 0 Å². The summed E-state index contributed by atoms with van der Waals surface area (Å²) in [4.78, 5) is 0. The van der Waals surface area contributed by atoms with Crippen LogP contribution in [0.5, 0.6) is 0 Å². The van der Waals surface area contributed by atoms with E-state index in [1.165, 1.54) is 6.42 Å². The second-order valence-corrected chi connectivity index (χ2v) is 6.05. The highest BCUT2D eigenvalue weighted by Gasteiger charge is 2.26. The van der Waals surface area contributed by atoms with Gasteiger partial charge < -0.3 is 0 Å². The quantitative estimate of drug-likeness (QED) is 0.754. The first-order chi connectivity index (χ1) is 8.09. The van der Waals surface area contributed by atoms with E-state index in [-0.39, 0.29) is 5.92 Å². The number of nitrogens with zero attached hydrogens (tertiary/aromatic N) is 1. The molecule has 1 aliphatic carbocycles. The third-order valence-electron chi connectivity index (χ3n) is 3.08. The van der Waals surface area contributed by atoms with Crippen LogP contribution in [-0.4, -0.2) is 21.0 Å². The van der Waals surface area contributed by atoms with Crippen molar-refractivity contribution in [1.82, 2.24) is 9.44 Å². The highest BCUT2D eigenvalue weighted by atomic mass is 32.2. The Morgan fingerprint density at radius 2 is 2.00 bits per heavy atom. The lowest BCUT2D eigenvalue weighted by atomic mass is 9.85. The topological polar surface area (TPSA) is 82.0 Å². The smallest absolute Gasteiger partial charge is 0.202 e. The van der Waals surface area contributed by atoms with Gasteiger partial charge in [-0.1, -0.05) is 26.2 Å². The SMILES string of the molecule is CCCNS(=O)(=O)NC(C#N)C1CCCCC1. The molecule has 17 heavy (non-hydrogen) atoms. The van der Waals surface area contributed by atoms with Crippen LogP contribution in [0, 0.1) is 17.2 Å². The van der Waals surface area contributed by atoms with Crippen molar-refractivity contribution in [3.63, 3.8) is 0 Å². The normalized spacial score (nSPS) is 19.8. The lowest BCUT2D eigenvalue weighted by molar-refractivity contribution is 0.323. The van der Waals surface area contributed by atoms with Crippen molar-refractivity contribution in [2.45, 2.75) is 51.5 Å². The molecular weight excluding hydrogens is 238 g/mol. The number of hydrogen-bond donors (Lipinski definition) is 2. The monoisotopic (exact) mass is 259 g/mol. The molecule has 6 heteroatoms. The van der Waals surface area contributed by atoms with Gasteiger partial charge in [-0.3, -0.25) is 0 Å². The summed E-state index contributed by atoms with van der Waals surface area (Å²) in [5, 5.41) is 9.06. The molecule has 0 bridgehead atoms. The molecule has 0 heterocycles. The molecule has 1 unspecified atom stereocenters. The molecule has 0 aromatic carbocycles. The fraction of sp³-hybridized carbons (Fsp3) is 0.909. The van der Waals surface area contributed by atoms with Gasteiger partial charge in [0.05, 0.1) is 6.07 Å². The van der Waals surface area contributed by atoms with Crippen LogP contribution in [0.15, 0.2) is 0 Å². The van der Waals surface area contributed by atoms with Crippen LogP contribution in [0.1, 0.15) is 45.4 Å². The summed E-state index contributed by atoms with van der Waals surface area (Å²) in [6.07, 6.45) is 5.99. The summed E-state index contributed by atoms with van der Waals surface area (Å²) >= 11 is 0. The molecule has 1 fully saturated rings. The standard InChI is InChI=1S/C11H21N3O2S/c1-2-8-13-17(15,16)14-11(9-12)10-6-4-3-5-7-10/h10-11,13-14H,2-8H2,1H3. The van der Waals surface area contributed by atoms with E-state index in [0.29, 0.717) is 6.54 Å². The molecule has 1 rings (SSSR count). The minimum atomic E-state index is -3.53. The van der Waals surface area contributed by atoms with Crippen molar-refractivity contribution in [3.05, 3.63) is 0 Å². The van der Waals surface area contributed by atoms with Crippen molar-refractivity contribution in [1.29, 1.82) is 5.26 Å². The van der Waals surface area contributed by atoms with Crippen LogP contribution in [0.3, 0.4) is 0 Å². The molecule has 0 saturated heterocycles. The molecule has 0 aliphatic heterocycles. The van der Waals surface area contributed by atoms with Crippen LogP contribution in [-0.2, 0) is 10.2 Å². The first-order valence-corrected chi connectivity index (χ1v) is 7.74. The highest BCUT2D eigenvalue weighted by Crippen LogP contribution is 2.26. The van der Waals surface area contributed by atoms with Crippen molar-refractivity contribution in [3.8, 4) is 6.07 Å². The van der Waals surface area contributed by atoms with Crippen LogP contribution < -0.4 is 9.44 Å². The first-order valence-electron chi connectivity index (χ1n) is 6.25. The van der Waals surface area contributed by atoms with E-state index in [1.54, 1.807) is 0 Å². The Hall–Kier alpha value is -0.640. The lowest BCUT2D eigenvalue weighted by Gasteiger charge is -2.26. The fourth-order valence-corrected chi connectivity index (χ4v) is 3.28. The van der Waals surface area contributed by atoms with E-state index in [9.17, 15) is 8.42 Å². The second-order valence-electron chi connectivity index (χ2n) is 4.52. The van der Waals surface area contributed by atoms with Crippen molar-refractivity contribution in [2.75, 3.05) is 6.54 Å². The Labute approximate surface area is 104 Å². The number of rotatable bonds is 6. The van der Waals surface area contributed by atoms with Gasteiger partial charge in [0, 0.05) is 6.54 Å². The Morgan fingerprint density at radius 3 is 2.53 bits per heavy atom. The molecule has 1 atom stereocenters. The van der Waals surface area contributed by atoms with Crippen molar-refractivity contribution in [2.24, 2.45) is 5.92 Å². The van der Waals surface area contributed by atoms with E-state index in [4.69, 9.17) is 5.26 Å². The largest absolute Gasteiger partial charge is 0.278 e. The molecule has 0 aromatic heterocycles. The predicted molar refractivity (Wildman–Crippen MR) is 66.3 cm³/mol. The van der Waals surface area contributed by atoms with E-state index in [2.05, 4.69) is 15.5 Å². The lowest BCUT2D eigenvalue weighted by Crippen LogP contribution is -2.45. The van der Waals surface area contributed by atoms with Crippen LogP contribution in [0.4, 0.5) is 0 Å². The van der Waals surface area contributed by atoms with Gasteiger partial charge in [-0.25, -0.2) is 4.72 Å². The van der Waals surface area contributed by atoms with Gasteiger partial charge in [0.25, 0.3) is 10.2 Å². The molecule has 0 radical (unpaired) electrons. The minimum Gasteiger partial charge on any atom is -0.202 e.